The summed E-state index contributed by atoms with van der Waals surface area (Å²) in [5, 5.41) is 0. The second kappa shape index (κ2) is 8.97. The van der Waals surface area contributed by atoms with Crippen molar-refractivity contribution in [2.75, 3.05) is 6.61 Å². The highest BCUT2D eigenvalue weighted by Crippen LogP contribution is 2.08. The molecule has 0 N–H and O–H groups in total. The number of allylic oxidation sites excluding steroid dienone is 1. The molecule has 0 spiro atoms. The molecule has 17 heavy (non-hydrogen) atoms. The number of carbonyl (C=O) groups is 2. The van der Waals surface area contributed by atoms with E-state index in [-0.39, 0.29) is 17.3 Å². The highest BCUT2D eigenvalue weighted by molar-refractivity contribution is 6.17. The second-order valence-electron chi connectivity index (χ2n) is 4.53. The molecule has 0 saturated heterocycles. The van der Waals surface area contributed by atoms with Gasteiger partial charge >= 0.3 is 5.97 Å². The lowest BCUT2D eigenvalue weighted by atomic mass is 10.1. The summed E-state index contributed by atoms with van der Waals surface area (Å²) in [4.78, 5) is 23.4. The standard InChI is InChI=1S/C14H24O3/c1-5-7-8-9-12(13(15)6-2)14(16)17-10-11(3)4/h9,11H,5-8,10H2,1-4H3. The predicted octanol–water partition coefficient (Wildman–Crippen LogP) is 3.28. The van der Waals surface area contributed by atoms with Crippen molar-refractivity contribution >= 4 is 11.8 Å². The van der Waals surface area contributed by atoms with E-state index in [4.69, 9.17) is 4.74 Å². The number of unbranched alkanes of at least 4 members (excludes halogenated alkanes) is 2. The Kier molecular flexibility index (Phi) is 8.38. The molecule has 0 bridgehead atoms. The fourth-order valence-corrected chi connectivity index (χ4v) is 1.27. The molecule has 0 aromatic heterocycles. The zero-order chi connectivity index (χ0) is 13.3. The van der Waals surface area contributed by atoms with E-state index in [2.05, 4.69) is 6.92 Å². The lowest BCUT2D eigenvalue weighted by Crippen LogP contribution is -2.17. The minimum atomic E-state index is -0.471. The van der Waals surface area contributed by atoms with Gasteiger partial charge < -0.3 is 4.74 Å². The van der Waals surface area contributed by atoms with Gasteiger partial charge in [0.2, 0.25) is 0 Å². The maximum Gasteiger partial charge on any atom is 0.341 e. The van der Waals surface area contributed by atoms with Gasteiger partial charge in [-0.25, -0.2) is 4.79 Å². The van der Waals surface area contributed by atoms with Crippen molar-refractivity contribution in [3.8, 4) is 0 Å². The molecule has 0 atom stereocenters. The number of esters is 1. The average molecular weight is 240 g/mol. The van der Waals surface area contributed by atoms with Crippen molar-refractivity contribution in [3.05, 3.63) is 11.6 Å². The quantitative estimate of drug-likeness (QED) is 0.215. The van der Waals surface area contributed by atoms with Gasteiger partial charge in [-0.1, -0.05) is 46.6 Å². The predicted molar refractivity (Wildman–Crippen MR) is 68.7 cm³/mol. The van der Waals surface area contributed by atoms with Gasteiger partial charge in [-0.3, -0.25) is 4.79 Å². The maximum absolute atomic E-state index is 11.7. The first-order valence-electron chi connectivity index (χ1n) is 6.43. The van der Waals surface area contributed by atoms with Crippen LogP contribution in [0, 0.1) is 5.92 Å². The van der Waals surface area contributed by atoms with Crippen LogP contribution in [0.1, 0.15) is 53.4 Å². The number of rotatable bonds is 8. The molecule has 0 aromatic rings. The molecule has 0 fully saturated rings. The fraction of sp³-hybridized carbons (Fsp3) is 0.714. The number of ether oxygens (including phenoxy) is 1. The molecule has 0 amide bonds. The van der Waals surface area contributed by atoms with Crippen molar-refractivity contribution in [1.82, 2.24) is 0 Å². The third-order valence-electron chi connectivity index (χ3n) is 2.30. The minimum Gasteiger partial charge on any atom is -0.462 e. The number of hydrogen-bond donors (Lipinski definition) is 0. The maximum atomic E-state index is 11.7. The zero-order valence-electron chi connectivity index (χ0n) is 11.4. The lowest BCUT2D eigenvalue weighted by Gasteiger charge is -2.09. The minimum absolute atomic E-state index is 0.130. The first-order chi connectivity index (χ1) is 8.02. The molecular weight excluding hydrogens is 216 g/mol. The van der Waals surface area contributed by atoms with E-state index in [0.717, 1.165) is 19.3 Å². The number of carbonyl (C=O) groups excluding carboxylic acids is 2. The van der Waals surface area contributed by atoms with Gasteiger partial charge in [0.05, 0.1) is 12.2 Å². The van der Waals surface area contributed by atoms with Crippen LogP contribution < -0.4 is 0 Å². The molecule has 0 unspecified atom stereocenters. The molecule has 0 rings (SSSR count). The van der Waals surface area contributed by atoms with Gasteiger partial charge in [-0.2, -0.15) is 0 Å². The normalized spacial score (nSPS) is 11.7. The van der Waals surface area contributed by atoms with Gasteiger partial charge in [0.15, 0.2) is 5.78 Å². The van der Waals surface area contributed by atoms with Crippen molar-refractivity contribution in [2.45, 2.75) is 53.4 Å². The molecule has 0 aromatic carbocycles. The van der Waals surface area contributed by atoms with Crippen LogP contribution in [0.5, 0.6) is 0 Å². The Hall–Kier alpha value is -1.12. The first kappa shape index (κ1) is 15.9. The Morgan fingerprint density at radius 2 is 1.88 bits per heavy atom. The second-order valence-corrected chi connectivity index (χ2v) is 4.53. The van der Waals surface area contributed by atoms with E-state index < -0.39 is 5.97 Å². The molecule has 0 aliphatic heterocycles. The Morgan fingerprint density at radius 1 is 1.24 bits per heavy atom. The fourth-order valence-electron chi connectivity index (χ4n) is 1.27. The molecule has 0 saturated carbocycles. The molecule has 0 aliphatic rings. The van der Waals surface area contributed by atoms with Crippen LogP contribution in [0.3, 0.4) is 0 Å². The number of Topliss-reactive ketones (excluding diaryl/α,β-unsaturated/α-hetero) is 1. The van der Waals surface area contributed by atoms with Crippen molar-refractivity contribution in [2.24, 2.45) is 5.92 Å². The van der Waals surface area contributed by atoms with E-state index in [1.54, 1.807) is 13.0 Å². The van der Waals surface area contributed by atoms with Gasteiger partial charge in [-0.05, 0) is 12.3 Å². The van der Waals surface area contributed by atoms with Crippen LogP contribution in [-0.2, 0) is 14.3 Å². The van der Waals surface area contributed by atoms with Crippen molar-refractivity contribution in [1.29, 1.82) is 0 Å². The highest BCUT2D eigenvalue weighted by Gasteiger charge is 2.17. The zero-order valence-corrected chi connectivity index (χ0v) is 11.4. The Morgan fingerprint density at radius 3 is 2.35 bits per heavy atom. The van der Waals surface area contributed by atoms with E-state index in [1.807, 2.05) is 13.8 Å². The van der Waals surface area contributed by atoms with Gasteiger partial charge in [0, 0.05) is 6.42 Å². The number of ketones is 1. The SMILES string of the molecule is CCCCC=C(C(=O)CC)C(=O)OCC(C)C. The van der Waals surface area contributed by atoms with Crippen LogP contribution in [0.4, 0.5) is 0 Å². The van der Waals surface area contributed by atoms with Crippen LogP contribution >= 0.6 is 0 Å². The Balaban J connectivity index is 4.51. The summed E-state index contributed by atoms with van der Waals surface area (Å²) >= 11 is 0. The summed E-state index contributed by atoms with van der Waals surface area (Å²) < 4.78 is 5.09. The summed E-state index contributed by atoms with van der Waals surface area (Å²) in [7, 11) is 0. The highest BCUT2D eigenvalue weighted by atomic mass is 16.5. The Bertz CT molecular complexity index is 277. The molecule has 98 valence electrons. The molecule has 0 aliphatic carbocycles. The molecule has 0 heterocycles. The summed E-state index contributed by atoms with van der Waals surface area (Å²) in [5.41, 5.74) is 0.224. The third kappa shape index (κ3) is 6.93. The Labute approximate surface area is 104 Å². The first-order valence-corrected chi connectivity index (χ1v) is 6.43. The largest absolute Gasteiger partial charge is 0.462 e. The molecule has 3 heteroatoms. The van der Waals surface area contributed by atoms with Gasteiger partial charge in [0.25, 0.3) is 0 Å². The number of hydrogen-bond acceptors (Lipinski definition) is 3. The third-order valence-corrected chi connectivity index (χ3v) is 2.30. The topological polar surface area (TPSA) is 43.4 Å². The van der Waals surface area contributed by atoms with Crippen molar-refractivity contribution in [3.63, 3.8) is 0 Å². The van der Waals surface area contributed by atoms with Crippen LogP contribution in [0.15, 0.2) is 11.6 Å². The van der Waals surface area contributed by atoms with E-state index in [0.29, 0.717) is 13.0 Å². The molecule has 0 radical (unpaired) electrons. The summed E-state index contributed by atoms with van der Waals surface area (Å²) in [6.07, 6.45) is 4.85. The van der Waals surface area contributed by atoms with E-state index in [1.165, 1.54) is 0 Å². The van der Waals surface area contributed by atoms with Crippen molar-refractivity contribution < 1.29 is 14.3 Å². The summed E-state index contributed by atoms with van der Waals surface area (Å²) in [5.74, 6) is -0.316. The summed E-state index contributed by atoms with van der Waals surface area (Å²) in [6, 6.07) is 0. The van der Waals surface area contributed by atoms with Gasteiger partial charge in [0.1, 0.15) is 0 Å². The smallest absolute Gasteiger partial charge is 0.341 e. The van der Waals surface area contributed by atoms with Crippen LogP contribution in [0.25, 0.3) is 0 Å². The van der Waals surface area contributed by atoms with Gasteiger partial charge in [-0.15, -0.1) is 0 Å². The van der Waals surface area contributed by atoms with E-state index in [9.17, 15) is 9.59 Å². The summed E-state index contributed by atoms with van der Waals surface area (Å²) in [6.45, 7) is 8.13. The average Bonchev–Trinajstić information content (AvgIpc) is 2.30. The lowest BCUT2D eigenvalue weighted by molar-refractivity contribution is -0.141. The van der Waals surface area contributed by atoms with Crippen LogP contribution in [-0.4, -0.2) is 18.4 Å². The molecule has 3 nitrogen and oxygen atoms in total. The monoisotopic (exact) mass is 240 g/mol. The van der Waals surface area contributed by atoms with E-state index >= 15 is 0 Å². The van der Waals surface area contributed by atoms with Crippen LogP contribution in [0.2, 0.25) is 0 Å². The molecular formula is C14H24O3.